The van der Waals surface area contributed by atoms with Crippen molar-refractivity contribution in [3.63, 3.8) is 0 Å². The number of hydrogen-bond acceptors (Lipinski definition) is 3. The van der Waals surface area contributed by atoms with E-state index in [1.54, 1.807) is 0 Å². The van der Waals surface area contributed by atoms with Crippen molar-refractivity contribution in [2.75, 3.05) is 44.2 Å². The summed E-state index contributed by atoms with van der Waals surface area (Å²) in [6.07, 6.45) is 2.63. The Hall–Kier alpha value is -1.04. The van der Waals surface area contributed by atoms with Crippen LogP contribution in [0.25, 0.3) is 0 Å². The molecule has 4 nitrogen and oxygen atoms in total. The summed E-state index contributed by atoms with van der Waals surface area (Å²) in [5.74, 6) is 0. The number of anilines is 1. The highest BCUT2D eigenvalue weighted by atomic mass is 35.5. The summed E-state index contributed by atoms with van der Waals surface area (Å²) in [7, 11) is 0. The van der Waals surface area contributed by atoms with E-state index < -0.39 is 0 Å². The molecule has 0 aromatic heterocycles. The minimum Gasteiger partial charge on any atom is -0.376 e. The number of benzene rings is 1. The topological polar surface area (TPSA) is 27.7 Å². The molecular formula is C16H22ClN3OS. The van der Waals surface area contributed by atoms with Crippen molar-refractivity contribution in [1.82, 2.24) is 10.2 Å². The minimum absolute atomic E-state index is 0.327. The Morgan fingerprint density at radius 3 is 2.59 bits per heavy atom. The zero-order valence-electron chi connectivity index (χ0n) is 12.6. The molecule has 0 saturated carbocycles. The Labute approximate surface area is 142 Å². The first-order valence-electron chi connectivity index (χ1n) is 7.87. The quantitative estimate of drug-likeness (QED) is 0.854. The molecule has 0 spiro atoms. The second kappa shape index (κ2) is 7.49. The largest absolute Gasteiger partial charge is 0.376 e. The van der Waals surface area contributed by atoms with Gasteiger partial charge in [-0.05, 0) is 49.3 Å². The maximum Gasteiger partial charge on any atom is 0.169 e. The molecule has 0 amide bonds. The lowest BCUT2D eigenvalue weighted by Gasteiger charge is -2.37. The summed E-state index contributed by atoms with van der Waals surface area (Å²) in [5, 5.41) is 4.99. The van der Waals surface area contributed by atoms with Gasteiger partial charge in [0.2, 0.25) is 0 Å². The average molecular weight is 340 g/mol. The zero-order valence-corrected chi connectivity index (χ0v) is 14.2. The van der Waals surface area contributed by atoms with Gasteiger partial charge in [0.05, 0.1) is 6.10 Å². The molecule has 2 aliphatic rings. The normalized spacial score (nSPS) is 22.0. The third-order valence-electron chi connectivity index (χ3n) is 4.26. The third-order valence-corrected chi connectivity index (χ3v) is 4.92. The first-order chi connectivity index (χ1) is 10.7. The van der Waals surface area contributed by atoms with Crippen LogP contribution in [0, 0.1) is 0 Å². The highest BCUT2D eigenvalue weighted by Gasteiger charge is 2.21. The van der Waals surface area contributed by atoms with Crippen molar-refractivity contribution in [3.05, 3.63) is 29.3 Å². The Balaban J connectivity index is 1.44. The van der Waals surface area contributed by atoms with Crippen molar-refractivity contribution in [1.29, 1.82) is 0 Å². The van der Waals surface area contributed by atoms with Crippen molar-refractivity contribution in [3.8, 4) is 0 Å². The molecule has 120 valence electrons. The van der Waals surface area contributed by atoms with E-state index in [9.17, 15) is 0 Å². The molecule has 6 heteroatoms. The van der Waals surface area contributed by atoms with Crippen molar-refractivity contribution in [2.45, 2.75) is 18.9 Å². The van der Waals surface area contributed by atoms with E-state index in [2.05, 4.69) is 27.2 Å². The highest BCUT2D eigenvalue weighted by molar-refractivity contribution is 7.80. The SMILES string of the molecule is S=C(NCC1CCCO1)N1CCN(c2ccc(Cl)cc2)CC1. The van der Waals surface area contributed by atoms with Crippen molar-refractivity contribution >= 4 is 34.6 Å². The van der Waals surface area contributed by atoms with Crippen molar-refractivity contribution in [2.24, 2.45) is 0 Å². The average Bonchev–Trinajstić information content (AvgIpc) is 3.07. The maximum absolute atomic E-state index is 5.94. The van der Waals surface area contributed by atoms with Crippen LogP contribution in [0.1, 0.15) is 12.8 Å². The van der Waals surface area contributed by atoms with E-state index >= 15 is 0 Å². The van der Waals surface area contributed by atoms with Gasteiger partial charge in [0.15, 0.2) is 5.11 Å². The molecule has 1 aromatic rings. The van der Waals surface area contributed by atoms with Crippen LogP contribution in [0.3, 0.4) is 0 Å². The van der Waals surface area contributed by atoms with Gasteiger partial charge >= 0.3 is 0 Å². The van der Waals surface area contributed by atoms with Crippen LogP contribution in [-0.4, -0.2) is 55.4 Å². The predicted molar refractivity (Wildman–Crippen MR) is 94.8 cm³/mol. The molecule has 0 bridgehead atoms. The zero-order chi connectivity index (χ0) is 15.4. The summed E-state index contributed by atoms with van der Waals surface area (Å²) in [6, 6.07) is 8.03. The fraction of sp³-hybridized carbons (Fsp3) is 0.562. The second-order valence-corrected chi connectivity index (χ2v) is 6.59. The Morgan fingerprint density at radius 1 is 1.23 bits per heavy atom. The number of halogens is 1. The summed E-state index contributed by atoms with van der Waals surface area (Å²) >= 11 is 11.4. The van der Waals surface area contributed by atoms with Crippen LogP contribution in [0.15, 0.2) is 24.3 Å². The Kier molecular flexibility index (Phi) is 5.39. The predicted octanol–water partition coefficient (Wildman–Crippen LogP) is 2.52. The molecule has 1 aromatic carbocycles. The van der Waals surface area contributed by atoms with Crippen molar-refractivity contribution < 1.29 is 4.74 Å². The fourth-order valence-electron chi connectivity index (χ4n) is 2.94. The van der Waals surface area contributed by atoms with E-state index in [4.69, 9.17) is 28.6 Å². The van der Waals surface area contributed by atoms with Crippen LogP contribution < -0.4 is 10.2 Å². The number of nitrogens with zero attached hydrogens (tertiary/aromatic N) is 2. The first kappa shape index (κ1) is 15.8. The molecule has 22 heavy (non-hydrogen) atoms. The van der Waals surface area contributed by atoms with Crippen LogP contribution in [0.4, 0.5) is 5.69 Å². The standard InChI is InChI=1S/C16H22ClN3OS/c17-13-3-5-14(6-4-13)19-7-9-20(10-8-19)16(22)18-12-15-2-1-11-21-15/h3-6,15H,1-2,7-12H2,(H,18,22). The third kappa shape index (κ3) is 4.03. The van der Waals surface area contributed by atoms with Gasteiger partial charge in [-0.3, -0.25) is 0 Å². The van der Waals surface area contributed by atoms with Crippen LogP contribution >= 0.6 is 23.8 Å². The van der Waals surface area contributed by atoms with E-state index in [-0.39, 0.29) is 0 Å². The molecular weight excluding hydrogens is 318 g/mol. The monoisotopic (exact) mass is 339 g/mol. The lowest BCUT2D eigenvalue weighted by molar-refractivity contribution is 0.113. The fourth-order valence-corrected chi connectivity index (χ4v) is 3.33. The van der Waals surface area contributed by atoms with Gasteiger partial charge < -0.3 is 19.9 Å². The number of rotatable bonds is 3. The molecule has 1 atom stereocenters. The summed E-state index contributed by atoms with van der Waals surface area (Å²) in [6.45, 7) is 5.56. The molecule has 2 fully saturated rings. The van der Waals surface area contributed by atoms with Gasteiger partial charge in [0.25, 0.3) is 0 Å². The second-order valence-electron chi connectivity index (χ2n) is 5.77. The lowest BCUT2D eigenvalue weighted by Crippen LogP contribution is -2.52. The van der Waals surface area contributed by atoms with Crippen LogP contribution in [0.5, 0.6) is 0 Å². The number of hydrogen-bond donors (Lipinski definition) is 1. The maximum atomic E-state index is 5.94. The number of ether oxygens (including phenoxy) is 1. The lowest BCUT2D eigenvalue weighted by atomic mass is 10.2. The van der Waals surface area contributed by atoms with Gasteiger partial charge in [0.1, 0.15) is 0 Å². The molecule has 0 radical (unpaired) electrons. The number of nitrogens with one attached hydrogen (secondary N) is 1. The van der Waals surface area contributed by atoms with Gasteiger partial charge in [-0.25, -0.2) is 0 Å². The molecule has 2 heterocycles. The number of piperazine rings is 1. The summed E-state index contributed by atoms with van der Waals surface area (Å²) < 4.78 is 5.62. The van der Waals surface area contributed by atoms with Crippen LogP contribution in [-0.2, 0) is 4.74 Å². The molecule has 1 N–H and O–H groups in total. The van der Waals surface area contributed by atoms with Gasteiger partial charge in [-0.2, -0.15) is 0 Å². The van der Waals surface area contributed by atoms with Gasteiger partial charge in [-0.15, -0.1) is 0 Å². The molecule has 3 rings (SSSR count). The van der Waals surface area contributed by atoms with Gasteiger partial charge in [-0.1, -0.05) is 11.6 Å². The minimum atomic E-state index is 0.327. The first-order valence-corrected chi connectivity index (χ1v) is 8.66. The van der Waals surface area contributed by atoms with E-state index in [1.165, 1.54) is 12.1 Å². The van der Waals surface area contributed by atoms with E-state index in [0.29, 0.717) is 6.10 Å². The van der Waals surface area contributed by atoms with Crippen LogP contribution in [0.2, 0.25) is 5.02 Å². The summed E-state index contributed by atoms with van der Waals surface area (Å²) in [5.41, 5.74) is 1.22. The van der Waals surface area contributed by atoms with E-state index in [0.717, 1.165) is 55.9 Å². The molecule has 2 saturated heterocycles. The Morgan fingerprint density at radius 2 is 1.95 bits per heavy atom. The molecule has 1 unspecified atom stereocenters. The van der Waals surface area contributed by atoms with E-state index in [1.807, 2.05) is 12.1 Å². The highest BCUT2D eigenvalue weighted by Crippen LogP contribution is 2.19. The Bertz CT molecular complexity index is 497. The smallest absolute Gasteiger partial charge is 0.169 e. The molecule has 0 aliphatic carbocycles. The molecule has 2 aliphatic heterocycles. The number of thiocarbonyl (C=S) groups is 1. The summed E-state index contributed by atoms with van der Waals surface area (Å²) in [4.78, 5) is 4.62. The van der Waals surface area contributed by atoms with Gasteiger partial charge in [0, 0.05) is 50.0 Å².